The van der Waals surface area contributed by atoms with Gasteiger partial charge in [0.2, 0.25) is 11.8 Å². The maximum absolute atomic E-state index is 12.1. The third-order valence-electron chi connectivity index (χ3n) is 4.40. The van der Waals surface area contributed by atoms with Crippen LogP contribution in [-0.4, -0.2) is 10.9 Å². The van der Waals surface area contributed by atoms with E-state index in [1.807, 2.05) is 49.4 Å². The number of carbonyl (C=O) groups excluding carboxylic acids is 1. The Morgan fingerprint density at radius 1 is 1.22 bits per heavy atom. The van der Waals surface area contributed by atoms with Gasteiger partial charge in [0, 0.05) is 17.2 Å². The smallest absolute Gasteiger partial charge is 0.227 e. The molecule has 1 fully saturated rings. The van der Waals surface area contributed by atoms with Crippen LogP contribution in [0.15, 0.2) is 46.9 Å². The van der Waals surface area contributed by atoms with Crippen molar-refractivity contribution in [2.45, 2.75) is 26.2 Å². The Labute approximate surface area is 134 Å². The number of amides is 1. The average molecular weight is 306 g/mol. The van der Waals surface area contributed by atoms with Crippen LogP contribution in [0, 0.1) is 12.8 Å². The zero-order chi connectivity index (χ0) is 15.8. The van der Waals surface area contributed by atoms with Crippen LogP contribution in [-0.2, 0) is 4.79 Å². The summed E-state index contributed by atoms with van der Waals surface area (Å²) in [4.78, 5) is 16.6. The summed E-state index contributed by atoms with van der Waals surface area (Å²) in [6.07, 6.45) is 3.15. The van der Waals surface area contributed by atoms with Crippen molar-refractivity contribution >= 4 is 22.7 Å². The van der Waals surface area contributed by atoms with Gasteiger partial charge in [0.25, 0.3) is 0 Å². The maximum atomic E-state index is 12.1. The Morgan fingerprint density at radius 3 is 2.87 bits per heavy atom. The highest BCUT2D eigenvalue weighted by molar-refractivity contribution is 5.93. The Kier molecular flexibility index (Phi) is 3.37. The van der Waals surface area contributed by atoms with Crippen LogP contribution in [0.1, 0.15) is 24.8 Å². The lowest BCUT2D eigenvalue weighted by Gasteiger charge is -2.24. The number of nitrogens with one attached hydrogen (secondary N) is 1. The maximum Gasteiger partial charge on any atom is 0.227 e. The molecule has 0 atom stereocenters. The number of aromatic nitrogens is 1. The van der Waals surface area contributed by atoms with Crippen molar-refractivity contribution in [3.05, 3.63) is 48.0 Å². The van der Waals surface area contributed by atoms with E-state index in [9.17, 15) is 4.79 Å². The number of carbonyl (C=O) groups is 1. The molecule has 2 aromatic carbocycles. The van der Waals surface area contributed by atoms with Crippen molar-refractivity contribution in [1.29, 1.82) is 0 Å². The van der Waals surface area contributed by atoms with Crippen molar-refractivity contribution in [3.8, 4) is 11.5 Å². The number of oxazole rings is 1. The second-order valence-corrected chi connectivity index (χ2v) is 6.19. The molecule has 1 aliphatic rings. The van der Waals surface area contributed by atoms with Crippen LogP contribution in [0.3, 0.4) is 0 Å². The zero-order valence-electron chi connectivity index (χ0n) is 13.0. The monoisotopic (exact) mass is 306 g/mol. The summed E-state index contributed by atoms with van der Waals surface area (Å²) in [6, 6.07) is 13.6. The highest BCUT2D eigenvalue weighted by atomic mass is 16.3. The molecule has 3 aromatic rings. The van der Waals surface area contributed by atoms with Gasteiger partial charge in [0.15, 0.2) is 5.58 Å². The van der Waals surface area contributed by atoms with Gasteiger partial charge in [-0.3, -0.25) is 4.79 Å². The van der Waals surface area contributed by atoms with E-state index in [0.29, 0.717) is 5.89 Å². The minimum Gasteiger partial charge on any atom is -0.436 e. The van der Waals surface area contributed by atoms with Crippen molar-refractivity contribution in [2.24, 2.45) is 5.92 Å². The third kappa shape index (κ3) is 2.72. The van der Waals surface area contributed by atoms with E-state index in [-0.39, 0.29) is 11.8 Å². The van der Waals surface area contributed by atoms with Gasteiger partial charge in [0.05, 0.1) is 0 Å². The van der Waals surface area contributed by atoms with E-state index in [1.54, 1.807) is 0 Å². The predicted octanol–water partition coefficient (Wildman–Crippen LogP) is 4.54. The molecular formula is C19H18N2O2. The van der Waals surface area contributed by atoms with Crippen LogP contribution in [0.2, 0.25) is 0 Å². The molecule has 1 saturated carbocycles. The second kappa shape index (κ2) is 5.54. The van der Waals surface area contributed by atoms with E-state index >= 15 is 0 Å². The van der Waals surface area contributed by atoms with Crippen LogP contribution >= 0.6 is 0 Å². The van der Waals surface area contributed by atoms with Gasteiger partial charge in [-0.05, 0) is 55.7 Å². The molecule has 23 heavy (non-hydrogen) atoms. The Hall–Kier alpha value is -2.62. The van der Waals surface area contributed by atoms with Crippen LogP contribution in [0.4, 0.5) is 5.69 Å². The number of hydrogen-bond donors (Lipinski definition) is 1. The number of rotatable bonds is 3. The first-order valence-electron chi connectivity index (χ1n) is 7.97. The van der Waals surface area contributed by atoms with E-state index in [2.05, 4.69) is 10.3 Å². The summed E-state index contributed by atoms with van der Waals surface area (Å²) in [5, 5.41) is 2.99. The molecule has 4 rings (SSSR count). The predicted molar refractivity (Wildman–Crippen MR) is 90.2 cm³/mol. The second-order valence-electron chi connectivity index (χ2n) is 6.19. The van der Waals surface area contributed by atoms with Gasteiger partial charge >= 0.3 is 0 Å². The minimum absolute atomic E-state index is 0.113. The molecule has 0 aliphatic heterocycles. The third-order valence-corrected chi connectivity index (χ3v) is 4.40. The molecule has 116 valence electrons. The summed E-state index contributed by atoms with van der Waals surface area (Å²) in [5.41, 5.74) is 4.43. The van der Waals surface area contributed by atoms with Gasteiger partial charge in [-0.25, -0.2) is 4.98 Å². The number of anilines is 1. The van der Waals surface area contributed by atoms with Gasteiger partial charge in [0.1, 0.15) is 5.52 Å². The lowest BCUT2D eigenvalue weighted by Crippen LogP contribution is -2.27. The number of fused-ring (bicyclic) bond motifs is 1. The first-order valence-corrected chi connectivity index (χ1v) is 7.97. The highest BCUT2D eigenvalue weighted by Crippen LogP contribution is 2.29. The van der Waals surface area contributed by atoms with Crippen molar-refractivity contribution in [3.63, 3.8) is 0 Å². The topological polar surface area (TPSA) is 55.1 Å². The molecule has 1 heterocycles. The Bertz CT molecular complexity index is 878. The van der Waals surface area contributed by atoms with E-state index in [4.69, 9.17) is 4.42 Å². The molecule has 1 aromatic heterocycles. The van der Waals surface area contributed by atoms with Gasteiger partial charge in [-0.1, -0.05) is 18.6 Å². The van der Waals surface area contributed by atoms with E-state index in [0.717, 1.165) is 47.2 Å². The molecule has 1 N–H and O–H groups in total. The lowest BCUT2D eigenvalue weighted by molar-refractivity contribution is -0.122. The fourth-order valence-corrected chi connectivity index (χ4v) is 2.81. The fraction of sp³-hybridized carbons (Fsp3) is 0.263. The first kappa shape index (κ1) is 14.0. The fourth-order valence-electron chi connectivity index (χ4n) is 2.81. The average Bonchev–Trinajstić information content (AvgIpc) is 2.88. The van der Waals surface area contributed by atoms with Crippen molar-refractivity contribution in [1.82, 2.24) is 4.98 Å². The van der Waals surface area contributed by atoms with E-state index in [1.165, 1.54) is 0 Å². The molecule has 0 bridgehead atoms. The SMILES string of the molecule is Cc1ccc2oc(-c3cccc(NC(=O)C4CCC4)c3)nc2c1. The molecule has 4 nitrogen and oxygen atoms in total. The molecule has 1 aliphatic carbocycles. The molecule has 0 spiro atoms. The zero-order valence-corrected chi connectivity index (χ0v) is 13.0. The molecule has 0 radical (unpaired) electrons. The Balaban J connectivity index is 1.62. The highest BCUT2D eigenvalue weighted by Gasteiger charge is 2.25. The van der Waals surface area contributed by atoms with Gasteiger partial charge in [-0.2, -0.15) is 0 Å². The summed E-state index contributed by atoms with van der Waals surface area (Å²) >= 11 is 0. The van der Waals surface area contributed by atoms with Crippen molar-refractivity contribution < 1.29 is 9.21 Å². The first-order chi connectivity index (χ1) is 11.2. The molecule has 0 unspecified atom stereocenters. The summed E-state index contributed by atoms with van der Waals surface area (Å²) in [7, 11) is 0. The molecule has 1 amide bonds. The molecular weight excluding hydrogens is 288 g/mol. The van der Waals surface area contributed by atoms with Crippen LogP contribution in [0.25, 0.3) is 22.6 Å². The van der Waals surface area contributed by atoms with Gasteiger partial charge in [-0.15, -0.1) is 0 Å². The standard InChI is InChI=1S/C19H18N2O2/c1-12-8-9-17-16(10-12)21-19(23-17)14-6-3-7-15(11-14)20-18(22)13-4-2-5-13/h3,6-11,13H,2,4-5H2,1H3,(H,20,22). The lowest BCUT2D eigenvalue weighted by atomic mass is 9.85. The van der Waals surface area contributed by atoms with Gasteiger partial charge < -0.3 is 9.73 Å². The number of hydrogen-bond acceptors (Lipinski definition) is 3. The van der Waals surface area contributed by atoms with Crippen molar-refractivity contribution in [2.75, 3.05) is 5.32 Å². The quantitative estimate of drug-likeness (QED) is 0.772. The Morgan fingerprint density at radius 2 is 2.09 bits per heavy atom. The number of nitrogens with zero attached hydrogens (tertiary/aromatic N) is 1. The normalized spacial score (nSPS) is 14.7. The largest absolute Gasteiger partial charge is 0.436 e. The minimum atomic E-state index is 0.113. The molecule has 4 heteroatoms. The number of aryl methyl sites for hydroxylation is 1. The van der Waals surface area contributed by atoms with Crippen LogP contribution < -0.4 is 5.32 Å². The summed E-state index contributed by atoms with van der Waals surface area (Å²) < 4.78 is 5.83. The number of benzene rings is 2. The summed E-state index contributed by atoms with van der Waals surface area (Å²) in [6.45, 7) is 2.03. The van der Waals surface area contributed by atoms with Crippen LogP contribution in [0.5, 0.6) is 0 Å². The molecule has 0 saturated heterocycles. The van der Waals surface area contributed by atoms with E-state index < -0.39 is 0 Å². The summed E-state index contributed by atoms with van der Waals surface area (Å²) in [5.74, 6) is 0.859.